The Morgan fingerprint density at radius 2 is 1.12 bits per heavy atom. The van der Waals surface area contributed by atoms with Gasteiger partial charge in [-0.3, -0.25) is 29.1 Å². The Bertz CT molecular complexity index is 3280. The van der Waals surface area contributed by atoms with Crippen LogP contribution in [0.3, 0.4) is 0 Å². The molecule has 8 rings (SSSR count). The summed E-state index contributed by atoms with van der Waals surface area (Å²) in [5, 5.41) is 27.0. The Morgan fingerprint density at radius 3 is 1.59 bits per heavy atom. The molecular weight excluding hydrogens is 993 g/mol. The molecule has 7 N–H and O–H groups in total. The van der Waals surface area contributed by atoms with Crippen LogP contribution in [0.5, 0.6) is 5.75 Å². The summed E-state index contributed by atoms with van der Waals surface area (Å²) >= 11 is 0. The van der Waals surface area contributed by atoms with Crippen molar-refractivity contribution >= 4 is 81.0 Å². The topological polar surface area (TPSA) is 261 Å². The van der Waals surface area contributed by atoms with Crippen molar-refractivity contribution in [2.75, 3.05) is 71.5 Å². The molecule has 0 saturated heterocycles. The van der Waals surface area contributed by atoms with Gasteiger partial charge in [0.15, 0.2) is 11.6 Å². The molecule has 78 heavy (non-hydrogen) atoms. The van der Waals surface area contributed by atoms with E-state index in [0.29, 0.717) is 69.6 Å². The average molecular weight is 1060 g/mol. The van der Waals surface area contributed by atoms with Crippen molar-refractivity contribution in [3.05, 3.63) is 162 Å². The number of aliphatic hydroxyl groups is 1. The van der Waals surface area contributed by atoms with Gasteiger partial charge in [-0.05, 0) is 86.1 Å². The van der Waals surface area contributed by atoms with Gasteiger partial charge in [0, 0.05) is 59.6 Å². The second-order valence-corrected chi connectivity index (χ2v) is 19.6. The summed E-state index contributed by atoms with van der Waals surface area (Å²) in [5.41, 5.74) is 3.10. The van der Waals surface area contributed by atoms with Crippen LogP contribution in [0, 0.1) is 10.8 Å². The third kappa shape index (κ3) is 12.5. The standard InChI is InChI=1S/C58H62N12O8/c1-7-27-58(4,48(73)33-70-46-24-11-8-20-41(46)49(43-22-12-13-28-61-43)65-52(54(70)75)68-56(77)64-39-19-15-17-37(30-39)60-6)35-78-40-25-26-44(62-31-40)50-42-21-9-10-23-45(42)69(32-47(72)57(2,3)34-71)53(74)51(66-50)67-55(76)63-38-18-14-16-36(29-38)59-5/h8-26,28-31,51-52,59-60,71H,7,27,32-35H2,1-6H3,(H2,63,67,76)(H2,64,68,77)/t51-,52-,58?/m0/s1. The number of amides is 6. The molecular formula is C58H62N12O8. The maximum Gasteiger partial charge on any atom is 0.321 e. The Labute approximate surface area is 451 Å². The second kappa shape index (κ2) is 24.1. The summed E-state index contributed by atoms with van der Waals surface area (Å²) in [6.45, 7) is 5.50. The second-order valence-electron chi connectivity index (χ2n) is 19.6. The zero-order valence-electron chi connectivity index (χ0n) is 44.2. The van der Waals surface area contributed by atoms with Crippen molar-refractivity contribution in [3.63, 3.8) is 0 Å². The lowest BCUT2D eigenvalue weighted by Crippen LogP contribution is -2.51. The van der Waals surface area contributed by atoms with Crippen LogP contribution >= 0.6 is 0 Å². The smallest absolute Gasteiger partial charge is 0.321 e. The van der Waals surface area contributed by atoms with Gasteiger partial charge in [-0.25, -0.2) is 19.6 Å². The molecule has 3 atom stereocenters. The minimum atomic E-state index is -1.54. The maximum atomic E-state index is 14.9. The van der Waals surface area contributed by atoms with E-state index in [4.69, 9.17) is 19.7 Å². The Balaban J connectivity index is 1.06. The zero-order valence-corrected chi connectivity index (χ0v) is 44.2. The number of anilines is 6. The van der Waals surface area contributed by atoms with E-state index in [-0.39, 0.29) is 18.1 Å². The number of nitrogens with zero attached hydrogens (tertiary/aromatic N) is 6. The first kappa shape index (κ1) is 54.9. The number of urea groups is 2. The van der Waals surface area contributed by atoms with E-state index in [0.717, 1.165) is 11.4 Å². The molecule has 0 fully saturated rings. The van der Waals surface area contributed by atoms with Gasteiger partial charge in [-0.1, -0.05) is 81.8 Å². The maximum absolute atomic E-state index is 14.9. The number of benzene rings is 4. The van der Waals surface area contributed by atoms with Gasteiger partial charge in [-0.2, -0.15) is 0 Å². The van der Waals surface area contributed by atoms with Crippen LogP contribution < -0.4 is 46.4 Å². The number of Topliss-reactive ketones (excluding diaryl/α,β-unsaturated/α-hetero) is 2. The number of fused-ring (bicyclic) bond motifs is 2. The molecule has 2 aromatic heterocycles. The summed E-state index contributed by atoms with van der Waals surface area (Å²) in [6.07, 6.45) is 1.03. The lowest BCUT2D eigenvalue weighted by molar-refractivity contribution is -0.130. The predicted octanol–water partition coefficient (Wildman–Crippen LogP) is 7.27. The lowest BCUT2D eigenvalue weighted by Gasteiger charge is -2.32. The van der Waals surface area contributed by atoms with Crippen LogP contribution in [0.25, 0.3) is 0 Å². The van der Waals surface area contributed by atoms with Crippen LogP contribution in [0.2, 0.25) is 0 Å². The third-order valence-electron chi connectivity index (χ3n) is 13.4. The number of ketones is 2. The average Bonchev–Trinajstić information content (AvgIpc) is 3.72. The number of aliphatic imine (C=N–C) groups is 2. The third-order valence-corrected chi connectivity index (χ3v) is 13.4. The summed E-state index contributed by atoms with van der Waals surface area (Å²) in [5.74, 6) is -1.79. The highest BCUT2D eigenvalue weighted by Crippen LogP contribution is 2.34. The molecule has 1 unspecified atom stereocenters. The van der Waals surface area contributed by atoms with E-state index in [2.05, 4.69) is 36.9 Å². The molecule has 6 amide bonds. The number of ether oxygens (including phenoxy) is 1. The molecule has 20 heteroatoms. The highest BCUT2D eigenvalue weighted by atomic mass is 16.5. The molecule has 0 aliphatic carbocycles. The van der Waals surface area contributed by atoms with Crippen LogP contribution in [0.4, 0.5) is 43.7 Å². The van der Waals surface area contributed by atoms with Crippen LogP contribution in [-0.2, 0) is 19.2 Å². The first-order valence-corrected chi connectivity index (χ1v) is 25.4. The monoisotopic (exact) mass is 1050 g/mol. The molecule has 0 bridgehead atoms. The quantitative estimate of drug-likeness (QED) is 0.0398. The van der Waals surface area contributed by atoms with Gasteiger partial charge in [-0.15, -0.1) is 0 Å². The van der Waals surface area contributed by atoms with Gasteiger partial charge in [0.2, 0.25) is 12.3 Å². The van der Waals surface area contributed by atoms with Crippen LogP contribution in [0.15, 0.2) is 150 Å². The number of hydrogen-bond donors (Lipinski definition) is 7. The fourth-order valence-corrected chi connectivity index (χ4v) is 8.84. The summed E-state index contributed by atoms with van der Waals surface area (Å²) in [4.78, 5) is 106. The van der Waals surface area contributed by atoms with Crippen LogP contribution in [-0.4, -0.2) is 115 Å². The Hall–Kier alpha value is -9.30. The van der Waals surface area contributed by atoms with E-state index in [1.54, 1.807) is 156 Å². The van der Waals surface area contributed by atoms with Crippen molar-refractivity contribution in [1.82, 2.24) is 20.6 Å². The number of carbonyl (C=O) groups excluding carboxylic acids is 6. The number of nitrogens with one attached hydrogen (secondary N) is 6. The summed E-state index contributed by atoms with van der Waals surface area (Å²) in [7, 11) is 3.50. The molecule has 0 saturated carbocycles. The number of pyridine rings is 2. The Kier molecular flexibility index (Phi) is 17.0. The number of benzodiazepines with no additional fused rings is 2. The number of rotatable bonds is 20. The SMILES string of the molecule is CCCC(C)(COc1ccc(C2=N[C@@H](NC(=O)Nc3cccc(NC)c3)C(=O)N(CC(=O)C(C)(C)CO)c3ccccc32)nc1)C(=O)CN1C(=O)[C@H](NC(=O)Nc2cccc(NC)c2)N=C(c2ccccn2)c2ccccc21. The molecule has 0 radical (unpaired) electrons. The van der Waals surface area contributed by atoms with Crippen molar-refractivity contribution in [3.8, 4) is 5.75 Å². The van der Waals surface area contributed by atoms with Crippen molar-refractivity contribution < 1.29 is 38.6 Å². The van der Waals surface area contributed by atoms with Gasteiger partial charge in [0.05, 0.1) is 65.5 Å². The first-order valence-electron chi connectivity index (χ1n) is 25.4. The number of carbonyl (C=O) groups is 6. The van der Waals surface area contributed by atoms with E-state index in [9.17, 15) is 33.9 Å². The highest BCUT2D eigenvalue weighted by molar-refractivity contribution is 6.21. The van der Waals surface area contributed by atoms with E-state index >= 15 is 0 Å². The molecule has 4 aromatic carbocycles. The van der Waals surface area contributed by atoms with E-state index in [1.165, 1.54) is 16.0 Å². The molecule has 6 aromatic rings. The minimum Gasteiger partial charge on any atom is -0.491 e. The molecule has 20 nitrogen and oxygen atoms in total. The van der Waals surface area contributed by atoms with Gasteiger partial charge >= 0.3 is 12.1 Å². The van der Waals surface area contributed by atoms with E-state index < -0.39 is 72.5 Å². The fourth-order valence-electron chi connectivity index (χ4n) is 8.84. The number of para-hydroxylation sites is 2. The highest BCUT2D eigenvalue weighted by Gasteiger charge is 2.41. The number of aromatic nitrogens is 2. The largest absolute Gasteiger partial charge is 0.491 e. The zero-order chi connectivity index (χ0) is 55.6. The first-order chi connectivity index (χ1) is 37.5. The molecule has 2 aliphatic rings. The van der Waals surface area contributed by atoms with E-state index in [1.807, 2.05) is 19.1 Å². The fraction of sp³-hybridized carbons (Fsp3) is 0.276. The molecule has 4 heterocycles. The van der Waals surface area contributed by atoms with Crippen molar-refractivity contribution in [2.45, 2.75) is 52.9 Å². The van der Waals surface area contributed by atoms with Crippen molar-refractivity contribution in [2.24, 2.45) is 20.8 Å². The summed E-state index contributed by atoms with van der Waals surface area (Å²) in [6, 6.07) is 35.1. The van der Waals surface area contributed by atoms with Gasteiger partial charge < -0.3 is 51.5 Å². The predicted molar refractivity (Wildman–Crippen MR) is 301 cm³/mol. The minimum absolute atomic E-state index is 0.111. The lowest BCUT2D eigenvalue weighted by atomic mass is 9.81. The van der Waals surface area contributed by atoms with Gasteiger partial charge in [0.25, 0.3) is 11.8 Å². The number of hydrogen-bond acceptors (Lipinski definition) is 14. The summed E-state index contributed by atoms with van der Waals surface area (Å²) < 4.78 is 6.36. The van der Waals surface area contributed by atoms with Crippen LogP contribution in [0.1, 0.15) is 63.1 Å². The normalized spacial score (nSPS) is 15.9. The van der Waals surface area contributed by atoms with Crippen molar-refractivity contribution in [1.29, 1.82) is 0 Å². The van der Waals surface area contributed by atoms with Gasteiger partial charge in [0.1, 0.15) is 12.4 Å². The molecule has 2 aliphatic heterocycles. The number of aliphatic hydroxyl groups excluding tert-OH is 1. The molecule has 0 spiro atoms. The molecule has 402 valence electrons. The Morgan fingerprint density at radius 1 is 0.615 bits per heavy atom.